The number of benzene rings is 1. The molecule has 1 unspecified atom stereocenters. The molecule has 1 aromatic rings. The van der Waals surface area contributed by atoms with Crippen LogP contribution in [0.2, 0.25) is 0 Å². The molecular weight excluding hydrogens is 284 g/mol. The number of likely N-dealkylation sites (N-methyl/N-ethyl adjacent to an activating group) is 1. The third kappa shape index (κ3) is 2.66. The first-order valence-electron chi connectivity index (χ1n) is 5.39. The highest BCUT2D eigenvalue weighted by atomic mass is 79.9. The Morgan fingerprint density at radius 2 is 2.06 bits per heavy atom. The Kier molecular flexibility index (Phi) is 3.47. The number of carbonyl (C=O) groups is 2. The molecule has 4 nitrogen and oxygen atoms in total. The first-order chi connectivity index (χ1) is 8.08. The van der Waals surface area contributed by atoms with Gasteiger partial charge in [0.25, 0.3) is 5.91 Å². The van der Waals surface area contributed by atoms with Gasteiger partial charge in [-0.2, -0.15) is 0 Å². The zero-order valence-corrected chi connectivity index (χ0v) is 11.0. The van der Waals surface area contributed by atoms with Crippen LogP contribution < -0.4 is 5.32 Å². The van der Waals surface area contributed by atoms with Gasteiger partial charge in [-0.25, -0.2) is 0 Å². The van der Waals surface area contributed by atoms with Crippen LogP contribution in [0.3, 0.4) is 0 Å². The monoisotopic (exact) mass is 296 g/mol. The van der Waals surface area contributed by atoms with Crippen LogP contribution in [0.4, 0.5) is 0 Å². The number of halogens is 1. The minimum atomic E-state index is -0.379. The van der Waals surface area contributed by atoms with Crippen molar-refractivity contribution in [1.29, 1.82) is 0 Å². The van der Waals surface area contributed by atoms with E-state index >= 15 is 0 Å². The second-order valence-electron chi connectivity index (χ2n) is 4.08. The second-order valence-corrected chi connectivity index (χ2v) is 5.00. The molecule has 17 heavy (non-hydrogen) atoms. The molecule has 0 aliphatic carbocycles. The van der Waals surface area contributed by atoms with Crippen LogP contribution in [-0.2, 0) is 4.79 Å². The number of hydrogen-bond acceptors (Lipinski definition) is 2. The smallest absolute Gasteiger partial charge is 0.251 e. The van der Waals surface area contributed by atoms with Gasteiger partial charge < -0.3 is 10.2 Å². The molecule has 0 spiro atoms. The molecule has 5 heteroatoms. The minimum Gasteiger partial charge on any atom is -0.344 e. The standard InChI is InChI=1S/C12H13BrN2O2/c1-15-7-6-10(12(15)17)14-11(16)8-2-4-9(13)5-3-8/h2-5,10H,6-7H2,1H3,(H,14,16). The first-order valence-corrected chi connectivity index (χ1v) is 6.18. The number of hydrogen-bond donors (Lipinski definition) is 1. The summed E-state index contributed by atoms with van der Waals surface area (Å²) in [7, 11) is 1.74. The Hall–Kier alpha value is -1.36. The number of nitrogens with zero attached hydrogens (tertiary/aromatic N) is 1. The molecule has 1 saturated heterocycles. The van der Waals surface area contributed by atoms with Gasteiger partial charge in [0, 0.05) is 23.6 Å². The fourth-order valence-corrected chi connectivity index (χ4v) is 2.06. The summed E-state index contributed by atoms with van der Waals surface area (Å²) >= 11 is 3.31. The molecule has 1 aromatic carbocycles. The summed E-state index contributed by atoms with van der Waals surface area (Å²) in [4.78, 5) is 25.1. The quantitative estimate of drug-likeness (QED) is 0.897. The molecule has 1 heterocycles. The zero-order chi connectivity index (χ0) is 12.4. The van der Waals surface area contributed by atoms with E-state index in [0.717, 1.165) is 4.47 Å². The molecule has 1 N–H and O–H groups in total. The van der Waals surface area contributed by atoms with E-state index < -0.39 is 0 Å². The third-order valence-electron chi connectivity index (χ3n) is 2.84. The minimum absolute atomic E-state index is 0.0181. The van der Waals surface area contributed by atoms with Crippen LogP contribution in [0.25, 0.3) is 0 Å². The van der Waals surface area contributed by atoms with Crippen LogP contribution in [0.15, 0.2) is 28.7 Å². The summed E-state index contributed by atoms with van der Waals surface area (Å²) in [6.45, 7) is 0.699. The summed E-state index contributed by atoms with van der Waals surface area (Å²) in [5.41, 5.74) is 0.565. The van der Waals surface area contributed by atoms with Gasteiger partial charge in [0.2, 0.25) is 5.91 Å². The lowest BCUT2D eigenvalue weighted by molar-refractivity contribution is -0.128. The topological polar surface area (TPSA) is 49.4 Å². The largest absolute Gasteiger partial charge is 0.344 e. The number of carbonyl (C=O) groups excluding carboxylic acids is 2. The van der Waals surface area contributed by atoms with Crippen molar-refractivity contribution >= 4 is 27.7 Å². The summed E-state index contributed by atoms with van der Waals surface area (Å²) in [5.74, 6) is -0.221. The average Bonchev–Trinajstić information content (AvgIpc) is 2.62. The van der Waals surface area contributed by atoms with Crippen molar-refractivity contribution in [2.45, 2.75) is 12.5 Å². The normalized spacial score (nSPS) is 19.5. The molecule has 90 valence electrons. The molecule has 1 aliphatic heterocycles. The summed E-state index contributed by atoms with van der Waals surface area (Å²) < 4.78 is 0.922. The molecular formula is C12H13BrN2O2. The van der Waals surface area contributed by atoms with Crippen LogP contribution >= 0.6 is 15.9 Å². The van der Waals surface area contributed by atoms with E-state index in [1.165, 1.54) is 0 Å². The highest BCUT2D eigenvalue weighted by Gasteiger charge is 2.30. The van der Waals surface area contributed by atoms with Crippen LogP contribution in [0.1, 0.15) is 16.8 Å². The van der Waals surface area contributed by atoms with Gasteiger partial charge in [-0.3, -0.25) is 9.59 Å². The van der Waals surface area contributed by atoms with Crippen molar-refractivity contribution < 1.29 is 9.59 Å². The van der Waals surface area contributed by atoms with Gasteiger partial charge in [0.05, 0.1) is 0 Å². The summed E-state index contributed by atoms with van der Waals surface area (Å²) in [5, 5.41) is 2.75. The van der Waals surface area contributed by atoms with Gasteiger partial charge in [0.1, 0.15) is 6.04 Å². The Morgan fingerprint density at radius 3 is 2.59 bits per heavy atom. The molecule has 1 fully saturated rings. The summed E-state index contributed by atoms with van der Waals surface area (Å²) in [6.07, 6.45) is 0.678. The van der Waals surface area contributed by atoms with E-state index in [-0.39, 0.29) is 17.9 Å². The Balaban J connectivity index is 2.02. The maximum atomic E-state index is 11.9. The molecule has 0 bridgehead atoms. The predicted molar refractivity (Wildman–Crippen MR) is 67.7 cm³/mol. The van der Waals surface area contributed by atoms with Gasteiger partial charge in [0.15, 0.2) is 0 Å². The van der Waals surface area contributed by atoms with Crippen LogP contribution in [0, 0.1) is 0 Å². The fourth-order valence-electron chi connectivity index (χ4n) is 1.80. The molecule has 1 atom stereocenters. The number of amides is 2. The highest BCUT2D eigenvalue weighted by molar-refractivity contribution is 9.10. The molecule has 0 radical (unpaired) electrons. The van der Waals surface area contributed by atoms with Gasteiger partial charge in [-0.1, -0.05) is 15.9 Å². The lowest BCUT2D eigenvalue weighted by Crippen LogP contribution is -2.40. The molecule has 1 aliphatic rings. The maximum absolute atomic E-state index is 11.9. The van der Waals surface area contributed by atoms with E-state index in [4.69, 9.17) is 0 Å². The number of likely N-dealkylation sites (tertiary alicyclic amines) is 1. The highest BCUT2D eigenvalue weighted by Crippen LogP contribution is 2.12. The van der Waals surface area contributed by atoms with E-state index in [0.29, 0.717) is 18.5 Å². The molecule has 2 rings (SSSR count). The zero-order valence-electron chi connectivity index (χ0n) is 9.44. The fraction of sp³-hybridized carbons (Fsp3) is 0.333. The summed E-state index contributed by atoms with van der Waals surface area (Å²) in [6, 6.07) is 6.68. The maximum Gasteiger partial charge on any atom is 0.251 e. The second kappa shape index (κ2) is 4.87. The molecule has 0 aromatic heterocycles. The first kappa shape index (κ1) is 12.1. The van der Waals surface area contributed by atoms with Crippen molar-refractivity contribution in [2.75, 3.05) is 13.6 Å². The van der Waals surface area contributed by atoms with Crippen molar-refractivity contribution in [3.63, 3.8) is 0 Å². The van der Waals surface area contributed by atoms with Gasteiger partial charge in [-0.05, 0) is 30.7 Å². The van der Waals surface area contributed by atoms with E-state index in [1.54, 1.807) is 36.2 Å². The average molecular weight is 297 g/mol. The van der Waals surface area contributed by atoms with Crippen molar-refractivity contribution in [3.05, 3.63) is 34.3 Å². The lowest BCUT2D eigenvalue weighted by atomic mass is 10.2. The molecule has 2 amide bonds. The predicted octanol–water partition coefficient (Wildman–Crippen LogP) is 1.41. The SMILES string of the molecule is CN1CCC(NC(=O)c2ccc(Br)cc2)C1=O. The van der Waals surface area contributed by atoms with Crippen LogP contribution in [0.5, 0.6) is 0 Å². The van der Waals surface area contributed by atoms with E-state index in [2.05, 4.69) is 21.2 Å². The van der Waals surface area contributed by atoms with E-state index in [9.17, 15) is 9.59 Å². The third-order valence-corrected chi connectivity index (χ3v) is 3.37. The Morgan fingerprint density at radius 1 is 1.41 bits per heavy atom. The lowest BCUT2D eigenvalue weighted by Gasteiger charge is -2.12. The Bertz CT molecular complexity index is 444. The van der Waals surface area contributed by atoms with Gasteiger partial charge >= 0.3 is 0 Å². The molecule has 0 saturated carbocycles. The number of nitrogens with one attached hydrogen (secondary N) is 1. The van der Waals surface area contributed by atoms with Crippen molar-refractivity contribution in [1.82, 2.24) is 10.2 Å². The number of rotatable bonds is 2. The Labute approximate surface area is 108 Å². The van der Waals surface area contributed by atoms with Crippen LogP contribution in [-0.4, -0.2) is 36.3 Å². The van der Waals surface area contributed by atoms with Crippen molar-refractivity contribution in [2.24, 2.45) is 0 Å². The van der Waals surface area contributed by atoms with E-state index in [1.807, 2.05) is 0 Å². The van der Waals surface area contributed by atoms with Crippen molar-refractivity contribution in [3.8, 4) is 0 Å². The van der Waals surface area contributed by atoms with Gasteiger partial charge in [-0.15, -0.1) is 0 Å².